The van der Waals surface area contributed by atoms with Crippen molar-refractivity contribution < 1.29 is 9.53 Å². The quantitative estimate of drug-likeness (QED) is 0.570. The zero-order chi connectivity index (χ0) is 18.0. The van der Waals surface area contributed by atoms with Gasteiger partial charge in [-0.15, -0.1) is 0 Å². The average molecular weight is 343 g/mol. The molecule has 0 bridgehead atoms. The van der Waals surface area contributed by atoms with E-state index in [1.54, 1.807) is 6.07 Å². The molecule has 7 nitrogen and oxygen atoms in total. The van der Waals surface area contributed by atoms with Gasteiger partial charge in [-0.2, -0.15) is 0 Å². The van der Waals surface area contributed by atoms with Crippen LogP contribution in [-0.2, 0) is 0 Å². The number of likely N-dealkylation sites (tertiary alicyclic amines) is 1. The van der Waals surface area contributed by atoms with Crippen LogP contribution >= 0.6 is 0 Å². The lowest BCUT2D eigenvalue weighted by atomic mass is 10.1. The number of hydrogen-bond acceptors (Lipinski definition) is 4. The van der Waals surface area contributed by atoms with Crippen molar-refractivity contribution in [2.75, 3.05) is 33.3 Å². The molecule has 2 heterocycles. The third kappa shape index (κ3) is 3.61. The first-order chi connectivity index (χ1) is 12.0. The van der Waals surface area contributed by atoms with E-state index in [0.717, 1.165) is 46.8 Å². The van der Waals surface area contributed by atoms with E-state index in [2.05, 4.69) is 9.88 Å². The maximum absolute atomic E-state index is 12.4. The Kier molecular flexibility index (Phi) is 4.94. The van der Waals surface area contributed by atoms with Crippen LogP contribution in [0.3, 0.4) is 0 Å². The molecule has 0 radical (unpaired) electrons. The summed E-state index contributed by atoms with van der Waals surface area (Å²) < 4.78 is 5.97. The van der Waals surface area contributed by atoms with Crippen molar-refractivity contribution in [3.05, 3.63) is 29.5 Å². The summed E-state index contributed by atoms with van der Waals surface area (Å²) in [6.07, 6.45) is 2.53. The zero-order valence-corrected chi connectivity index (χ0v) is 14.8. The second-order valence-corrected chi connectivity index (χ2v) is 6.50. The molecule has 1 aromatic carbocycles. The number of rotatable bonds is 5. The van der Waals surface area contributed by atoms with Gasteiger partial charge in [-0.25, -0.2) is 0 Å². The van der Waals surface area contributed by atoms with Crippen molar-refractivity contribution in [2.24, 2.45) is 5.73 Å². The van der Waals surface area contributed by atoms with Crippen LogP contribution in [0, 0.1) is 12.3 Å². The van der Waals surface area contributed by atoms with Crippen molar-refractivity contribution in [1.82, 2.24) is 14.8 Å². The number of fused-ring (bicyclic) bond motifs is 1. The third-order valence-electron chi connectivity index (χ3n) is 4.73. The number of hydrogen-bond donors (Lipinski definition) is 3. The lowest BCUT2D eigenvalue weighted by Gasteiger charge is -2.15. The number of H-pyrrole nitrogens is 1. The maximum atomic E-state index is 12.4. The molecule has 1 amide bonds. The van der Waals surface area contributed by atoms with E-state index >= 15 is 0 Å². The van der Waals surface area contributed by atoms with Crippen LogP contribution in [0.25, 0.3) is 10.9 Å². The Labute approximate surface area is 147 Å². The van der Waals surface area contributed by atoms with Crippen molar-refractivity contribution in [3.8, 4) is 5.75 Å². The number of guanidine groups is 1. The average Bonchev–Trinajstić information content (AvgIpc) is 3.25. The molecule has 1 fully saturated rings. The Balaban J connectivity index is 1.80. The molecular weight excluding hydrogens is 318 g/mol. The zero-order valence-electron chi connectivity index (χ0n) is 14.8. The first-order valence-corrected chi connectivity index (χ1v) is 8.57. The predicted molar refractivity (Wildman–Crippen MR) is 98.2 cm³/mol. The van der Waals surface area contributed by atoms with Gasteiger partial charge in [0.15, 0.2) is 5.96 Å². The van der Waals surface area contributed by atoms with Crippen LogP contribution in [0.1, 0.15) is 28.9 Å². The molecule has 25 heavy (non-hydrogen) atoms. The predicted octanol–water partition coefficient (Wildman–Crippen LogP) is 1.92. The molecule has 0 unspecified atom stereocenters. The van der Waals surface area contributed by atoms with E-state index in [9.17, 15) is 4.79 Å². The summed E-state index contributed by atoms with van der Waals surface area (Å²) in [5, 5.41) is 8.35. The largest absolute Gasteiger partial charge is 0.490 e. The van der Waals surface area contributed by atoms with Gasteiger partial charge in [0, 0.05) is 19.0 Å². The summed E-state index contributed by atoms with van der Waals surface area (Å²) in [6.45, 7) is 5.81. The number of carbonyl (C=O) groups excluding carboxylic acids is 1. The van der Waals surface area contributed by atoms with E-state index in [4.69, 9.17) is 15.9 Å². The number of aromatic nitrogens is 1. The van der Waals surface area contributed by atoms with Gasteiger partial charge < -0.3 is 15.5 Å². The van der Waals surface area contributed by atoms with Gasteiger partial charge in [-0.3, -0.25) is 20.0 Å². The lowest BCUT2D eigenvalue weighted by Crippen LogP contribution is -2.38. The summed E-state index contributed by atoms with van der Waals surface area (Å²) in [5.74, 6) is 0.109. The highest BCUT2D eigenvalue weighted by atomic mass is 16.5. The number of nitrogens with zero attached hydrogens (tertiary/aromatic N) is 2. The second-order valence-electron chi connectivity index (χ2n) is 6.50. The molecular formula is C18H25N5O2. The Morgan fingerprint density at radius 1 is 1.40 bits per heavy atom. The first kappa shape index (κ1) is 17.3. The molecule has 1 aromatic heterocycles. The number of aromatic amines is 1. The van der Waals surface area contributed by atoms with Gasteiger partial charge in [-0.1, -0.05) is 6.07 Å². The summed E-state index contributed by atoms with van der Waals surface area (Å²) in [7, 11) is 1.48. The smallest absolute Gasteiger partial charge is 0.276 e. The molecule has 0 aliphatic carbocycles. The molecule has 4 N–H and O–H groups in total. The molecule has 3 rings (SSSR count). The number of carbonyl (C=O) groups is 1. The van der Waals surface area contributed by atoms with E-state index in [-0.39, 0.29) is 11.9 Å². The number of nitrogens with one attached hydrogen (secondary N) is 2. The van der Waals surface area contributed by atoms with Gasteiger partial charge in [0.1, 0.15) is 18.1 Å². The number of benzene rings is 1. The third-order valence-corrected chi connectivity index (χ3v) is 4.73. The van der Waals surface area contributed by atoms with Crippen LogP contribution in [-0.4, -0.2) is 59.9 Å². The number of ether oxygens (including phenoxy) is 1. The Morgan fingerprint density at radius 2 is 2.12 bits per heavy atom. The number of aryl methyl sites for hydroxylation is 1. The van der Waals surface area contributed by atoms with Crippen molar-refractivity contribution in [3.63, 3.8) is 0 Å². The van der Waals surface area contributed by atoms with E-state index in [0.29, 0.717) is 12.3 Å². The van der Waals surface area contributed by atoms with Crippen molar-refractivity contribution in [2.45, 2.75) is 19.8 Å². The molecule has 134 valence electrons. The fourth-order valence-corrected chi connectivity index (χ4v) is 3.15. The Morgan fingerprint density at radius 3 is 2.80 bits per heavy atom. The first-order valence-electron chi connectivity index (χ1n) is 8.57. The molecule has 2 aromatic rings. The fourth-order valence-electron chi connectivity index (χ4n) is 3.15. The van der Waals surface area contributed by atoms with Crippen LogP contribution in [0.5, 0.6) is 5.75 Å². The summed E-state index contributed by atoms with van der Waals surface area (Å²) in [6, 6.07) is 5.71. The van der Waals surface area contributed by atoms with Crippen LogP contribution in [0.15, 0.2) is 18.2 Å². The van der Waals surface area contributed by atoms with Gasteiger partial charge in [0.05, 0.1) is 5.52 Å². The van der Waals surface area contributed by atoms with E-state index in [1.807, 2.05) is 19.1 Å². The van der Waals surface area contributed by atoms with Gasteiger partial charge in [0.2, 0.25) is 0 Å². The minimum atomic E-state index is -0.342. The van der Waals surface area contributed by atoms with Crippen molar-refractivity contribution in [1.29, 1.82) is 5.41 Å². The standard InChI is InChI=1S/C18H25N5O2/c1-12-5-6-15(25-10-9-23-7-3-4-8-23)16-13(12)11-14(21-16)17(24)22(2)18(19)20/h5-6,11,21H,3-4,7-10H2,1-2H3,(H3,19,20). The summed E-state index contributed by atoms with van der Waals surface area (Å²) in [5.41, 5.74) is 7.66. The van der Waals surface area contributed by atoms with Gasteiger partial charge in [0.25, 0.3) is 5.91 Å². The highest BCUT2D eigenvalue weighted by Crippen LogP contribution is 2.29. The molecule has 0 saturated carbocycles. The SMILES string of the molecule is Cc1ccc(OCCN2CCCC2)c2[nH]c(C(=O)N(C)C(=N)N)cc12. The molecule has 7 heteroatoms. The molecule has 0 atom stereocenters. The number of amides is 1. The topological polar surface area (TPSA) is 98.4 Å². The summed E-state index contributed by atoms with van der Waals surface area (Å²) >= 11 is 0. The Hall–Kier alpha value is -2.54. The highest BCUT2D eigenvalue weighted by Gasteiger charge is 2.19. The van der Waals surface area contributed by atoms with Crippen LogP contribution < -0.4 is 10.5 Å². The fraction of sp³-hybridized carbons (Fsp3) is 0.444. The van der Waals surface area contributed by atoms with E-state index in [1.165, 1.54) is 19.9 Å². The van der Waals surface area contributed by atoms with Gasteiger partial charge in [-0.05, 0) is 50.6 Å². The van der Waals surface area contributed by atoms with Crippen molar-refractivity contribution >= 4 is 22.8 Å². The van der Waals surface area contributed by atoms with Gasteiger partial charge >= 0.3 is 0 Å². The minimum Gasteiger partial charge on any atom is -0.490 e. The Bertz CT molecular complexity index is 792. The normalized spacial score (nSPS) is 14.8. The van der Waals surface area contributed by atoms with Crippen LogP contribution in [0.2, 0.25) is 0 Å². The van der Waals surface area contributed by atoms with E-state index < -0.39 is 0 Å². The number of nitrogens with two attached hydrogens (primary N) is 1. The minimum absolute atomic E-state index is 0.289. The molecule has 1 aliphatic rings. The molecule has 1 saturated heterocycles. The molecule has 1 aliphatic heterocycles. The van der Waals surface area contributed by atoms with Crippen LogP contribution in [0.4, 0.5) is 0 Å². The monoisotopic (exact) mass is 343 g/mol. The highest BCUT2D eigenvalue weighted by molar-refractivity contribution is 6.06. The molecule has 0 spiro atoms. The maximum Gasteiger partial charge on any atom is 0.276 e. The summed E-state index contributed by atoms with van der Waals surface area (Å²) in [4.78, 5) is 19.0. The second kappa shape index (κ2) is 7.14. The lowest BCUT2D eigenvalue weighted by molar-refractivity contribution is 0.0864.